The first-order chi connectivity index (χ1) is 12.3. The van der Waals surface area contributed by atoms with Gasteiger partial charge in [-0.05, 0) is 31.5 Å². The maximum atomic E-state index is 13.1. The summed E-state index contributed by atoms with van der Waals surface area (Å²) in [5.41, 5.74) is 0.180. The fraction of sp³-hybridized carbons (Fsp3) is 0.412. The van der Waals surface area contributed by atoms with E-state index in [1.165, 1.54) is 6.92 Å². The third-order valence-electron chi connectivity index (χ3n) is 3.59. The highest BCUT2D eigenvalue weighted by Crippen LogP contribution is 2.11. The summed E-state index contributed by atoms with van der Waals surface area (Å²) < 4.78 is 31.3. The van der Waals surface area contributed by atoms with E-state index in [0.29, 0.717) is 12.2 Å². The lowest BCUT2D eigenvalue weighted by molar-refractivity contribution is -0.128. The third-order valence-corrected chi connectivity index (χ3v) is 3.59. The first kappa shape index (κ1) is 19.5. The summed E-state index contributed by atoms with van der Waals surface area (Å²) >= 11 is 0. The highest BCUT2D eigenvalue weighted by Gasteiger charge is 2.21. The quantitative estimate of drug-likeness (QED) is 0.779. The molecule has 1 unspecified atom stereocenters. The van der Waals surface area contributed by atoms with Crippen molar-refractivity contribution in [2.24, 2.45) is 0 Å². The Morgan fingerprint density at radius 3 is 2.38 bits per heavy atom. The summed E-state index contributed by atoms with van der Waals surface area (Å²) in [6.07, 6.45) is 0.364. The minimum atomic E-state index is -0.850. The van der Waals surface area contributed by atoms with Gasteiger partial charge in [-0.15, -0.1) is 0 Å². The average Bonchev–Trinajstić information content (AvgIpc) is 3.02. The maximum Gasteiger partial charge on any atom is 0.248 e. The van der Waals surface area contributed by atoms with Crippen molar-refractivity contribution in [3.63, 3.8) is 0 Å². The van der Waals surface area contributed by atoms with Crippen LogP contribution in [0.4, 0.5) is 8.78 Å². The monoisotopic (exact) mass is 366 g/mol. The lowest BCUT2D eigenvalue weighted by Gasteiger charge is -2.16. The topological polar surface area (TPSA) is 97.1 Å². The molecule has 0 bridgehead atoms. The summed E-state index contributed by atoms with van der Waals surface area (Å²) in [5.74, 6) is -1.71. The molecule has 0 saturated heterocycles. The molecule has 0 aliphatic heterocycles. The second kappa shape index (κ2) is 8.50. The summed E-state index contributed by atoms with van der Waals surface area (Å²) in [7, 11) is 0. The fourth-order valence-corrected chi connectivity index (χ4v) is 2.24. The van der Waals surface area contributed by atoms with Crippen LogP contribution in [0.15, 0.2) is 22.7 Å². The minimum Gasteiger partial charge on any atom is -0.344 e. The van der Waals surface area contributed by atoms with Crippen molar-refractivity contribution < 1.29 is 22.9 Å². The Morgan fingerprint density at radius 2 is 1.81 bits per heavy atom. The highest BCUT2D eigenvalue weighted by molar-refractivity contribution is 5.88. The maximum absolute atomic E-state index is 13.1. The van der Waals surface area contributed by atoms with Gasteiger partial charge in [0, 0.05) is 12.5 Å². The molecule has 0 radical (unpaired) electrons. The van der Waals surface area contributed by atoms with Crippen molar-refractivity contribution >= 4 is 11.8 Å². The largest absolute Gasteiger partial charge is 0.344 e. The van der Waals surface area contributed by atoms with E-state index < -0.39 is 35.5 Å². The highest BCUT2D eigenvalue weighted by atomic mass is 19.1. The summed E-state index contributed by atoms with van der Waals surface area (Å²) in [4.78, 5) is 28.3. The smallest absolute Gasteiger partial charge is 0.248 e. The molecule has 2 rings (SSSR count). The van der Waals surface area contributed by atoms with E-state index in [-0.39, 0.29) is 17.9 Å². The predicted molar refractivity (Wildman–Crippen MR) is 87.9 cm³/mol. The molecule has 1 heterocycles. The number of hydrogen-bond donors (Lipinski definition) is 2. The summed E-state index contributed by atoms with van der Waals surface area (Å²) in [5, 5.41) is 8.88. The molecule has 9 heteroatoms. The number of rotatable bonds is 7. The van der Waals surface area contributed by atoms with E-state index in [9.17, 15) is 18.4 Å². The molecule has 0 aliphatic carbocycles. The zero-order valence-corrected chi connectivity index (χ0v) is 14.7. The van der Waals surface area contributed by atoms with Crippen LogP contribution >= 0.6 is 0 Å². The summed E-state index contributed by atoms with van der Waals surface area (Å²) in [6, 6.07) is 1.48. The molecular formula is C17H20F2N4O3. The van der Waals surface area contributed by atoms with Crippen LogP contribution in [-0.4, -0.2) is 28.0 Å². The molecule has 0 saturated carbocycles. The fourth-order valence-electron chi connectivity index (χ4n) is 2.24. The van der Waals surface area contributed by atoms with Gasteiger partial charge in [-0.2, -0.15) is 4.98 Å². The Kier molecular flexibility index (Phi) is 6.37. The number of aromatic nitrogens is 2. The van der Waals surface area contributed by atoms with Crippen LogP contribution in [0.2, 0.25) is 0 Å². The number of benzene rings is 1. The van der Waals surface area contributed by atoms with E-state index >= 15 is 0 Å². The Hall–Kier alpha value is -2.84. The van der Waals surface area contributed by atoms with Gasteiger partial charge < -0.3 is 15.2 Å². The second-order valence-electron chi connectivity index (χ2n) is 5.88. The molecule has 0 aliphatic rings. The van der Waals surface area contributed by atoms with Gasteiger partial charge in [-0.25, -0.2) is 8.78 Å². The second-order valence-corrected chi connectivity index (χ2v) is 5.88. The van der Waals surface area contributed by atoms with Gasteiger partial charge in [-0.1, -0.05) is 12.1 Å². The van der Waals surface area contributed by atoms with Crippen molar-refractivity contribution in [1.82, 2.24) is 20.8 Å². The van der Waals surface area contributed by atoms with Crippen LogP contribution in [0, 0.1) is 11.6 Å². The van der Waals surface area contributed by atoms with Crippen molar-refractivity contribution in [2.75, 3.05) is 0 Å². The van der Waals surface area contributed by atoms with Gasteiger partial charge in [0.25, 0.3) is 0 Å². The Labute approximate surface area is 149 Å². The van der Waals surface area contributed by atoms with Gasteiger partial charge in [-0.3, -0.25) is 9.59 Å². The van der Waals surface area contributed by atoms with E-state index in [2.05, 4.69) is 20.8 Å². The van der Waals surface area contributed by atoms with E-state index in [4.69, 9.17) is 4.52 Å². The van der Waals surface area contributed by atoms with Crippen molar-refractivity contribution in [2.45, 2.75) is 45.7 Å². The van der Waals surface area contributed by atoms with Gasteiger partial charge in [0.2, 0.25) is 17.7 Å². The first-order valence-electron chi connectivity index (χ1n) is 8.15. The molecule has 2 aromatic rings. The van der Waals surface area contributed by atoms with E-state index in [1.807, 2.05) is 6.92 Å². The number of halogens is 2. The normalized spacial score (nSPS) is 13.1. The molecule has 2 amide bonds. The number of hydrogen-bond acceptors (Lipinski definition) is 5. The van der Waals surface area contributed by atoms with Gasteiger partial charge >= 0.3 is 0 Å². The lowest BCUT2D eigenvalue weighted by Crippen LogP contribution is -2.46. The van der Waals surface area contributed by atoms with Crippen LogP contribution < -0.4 is 10.6 Å². The molecule has 2 N–H and O–H groups in total. The van der Waals surface area contributed by atoms with Crippen molar-refractivity contribution in [3.05, 3.63) is 47.1 Å². The number of nitrogens with one attached hydrogen (secondary N) is 2. The Balaban J connectivity index is 1.88. The molecule has 1 aromatic heterocycles. The molecule has 1 aromatic carbocycles. The summed E-state index contributed by atoms with van der Waals surface area (Å²) in [6.45, 7) is 5.05. The molecule has 0 spiro atoms. The number of nitrogens with zero attached hydrogens (tertiary/aromatic N) is 2. The number of aryl methyl sites for hydroxylation is 1. The SMILES string of the molecule is CCc1noc(C(C)NC(=O)[C@H](C)NC(=O)Cc2cc(F)cc(F)c2)n1. The van der Waals surface area contributed by atoms with Crippen molar-refractivity contribution in [1.29, 1.82) is 0 Å². The number of amides is 2. The van der Waals surface area contributed by atoms with Crippen LogP contribution in [-0.2, 0) is 22.4 Å². The third kappa shape index (κ3) is 5.33. The zero-order valence-electron chi connectivity index (χ0n) is 14.7. The van der Waals surface area contributed by atoms with Gasteiger partial charge in [0.1, 0.15) is 23.7 Å². The van der Waals surface area contributed by atoms with Gasteiger partial charge in [0.15, 0.2) is 5.82 Å². The van der Waals surface area contributed by atoms with E-state index in [1.54, 1.807) is 6.92 Å². The zero-order chi connectivity index (χ0) is 19.3. The van der Waals surface area contributed by atoms with Crippen molar-refractivity contribution in [3.8, 4) is 0 Å². The van der Waals surface area contributed by atoms with Gasteiger partial charge in [0.05, 0.1) is 6.42 Å². The number of carbonyl (C=O) groups is 2. The average molecular weight is 366 g/mol. The minimum absolute atomic E-state index is 0.180. The molecular weight excluding hydrogens is 346 g/mol. The van der Waals surface area contributed by atoms with Crippen LogP contribution in [0.5, 0.6) is 0 Å². The molecule has 2 atom stereocenters. The standard InChI is InChI=1S/C17H20F2N4O3/c1-4-14-22-17(26-23-14)10(3)21-16(25)9(2)20-15(24)7-11-5-12(18)8-13(19)6-11/h5-6,8-10H,4,7H2,1-3H3,(H,20,24)(H,21,25)/t9-,10?/m0/s1. The molecule has 0 fully saturated rings. The Morgan fingerprint density at radius 1 is 1.15 bits per heavy atom. The number of carbonyl (C=O) groups excluding carboxylic acids is 2. The van der Waals surface area contributed by atoms with Crippen LogP contribution in [0.25, 0.3) is 0 Å². The predicted octanol–water partition coefficient (Wildman–Crippen LogP) is 1.83. The van der Waals surface area contributed by atoms with Crippen LogP contribution in [0.3, 0.4) is 0 Å². The van der Waals surface area contributed by atoms with E-state index in [0.717, 1.165) is 18.2 Å². The Bertz CT molecular complexity index is 774. The molecule has 26 heavy (non-hydrogen) atoms. The lowest BCUT2D eigenvalue weighted by atomic mass is 10.1. The first-order valence-corrected chi connectivity index (χ1v) is 8.15. The molecule has 7 nitrogen and oxygen atoms in total. The molecule has 140 valence electrons. The van der Waals surface area contributed by atoms with Crippen LogP contribution in [0.1, 0.15) is 44.1 Å².